The van der Waals surface area contributed by atoms with E-state index in [1.807, 2.05) is 12.1 Å². The summed E-state index contributed by atoms with van der Waals surface area (Å²) in [4.78, 5) is 0. The van der Waals surface area contributed by atoms with Gasteiger partial charge in [-0.15, -0.1) is 0 Å². The smallest absolute Gasteiger partial charge is 0.129 e. The summed E-state index contributed by atoms with van der Waals surface area (Å²) < 4.78 is 9.80. The summed E-state index contributed by atoms with van der Waals surface area (Å²) in [6, 6.07) is 3.86. The molecule has 3 heteroatoms. The van der Waals surface area contributed by atoms with Crippen LogP contribution in [0.2, 0.25) is 0 Å². The third kappa shape index (κ3) is 2.08. The van der Waals surface area contributed by atoms with E-state index in [4.69, 9.17) is 20.8 Å². The number of furan rings is 1. The van der Waals surface area contributed by atoms with E-state index < -0.39 is 0 Å². The van der Waals surface area contributed by atoms with Gasteiger partial charge >= 0.3 is 0 Å². The van der Waals surface area contributed by atoms with E-state index in [2.05, 4.69) is 0 Å². The SMILES string of the molecule is ClCOCc1ccco1. The Morgan fingerprint density at radius 2 is 2.56 bits per heavy atom. The number of rotatable bonds is 3. The highest BCUT2D eigenvalue weighted by molar-refractivity contribution is 6.17. The minimum Gasteiger partial charge on any atom is -0.467 e. The van der Waals surface area contributed by atoms with Gasteiger partial charge in [-0.1, -0.05) is 11.6 Å². The summed E-state index contributed by atoms with van der Waals surface area (Å²) in [5.74, 6) is 0.802. The van der Waals surface area contributed by atoms with E-state index in [0.717, 1.165) is 5.76 Å². The standard InChI is InChI=1S/C6H7ClO2/c7-5-8-4-6-2-1-3-9-6/h1-3H,4-5H2. The molecule has 0 aliphatic rings. The van der Waals surface area contributed by atoms with Crippen molar-refractivity contribution in [2.45, 2.75) is 6.61 Å². The number of hydrogen-bond acceptors (Lipinski definition) is 2. The first kappa shape index (κ1) is 6.65. The van der Waals surface area contributed by atoms with Gasteiger partial charge in [0, 0.05) is 0 Å². The molecule has 1 heterocycles. The second-order valence-corrected chi connectivity index (χ2v) is 1.76. The molecule has 1 aromatic heterocycles. The Bertz CT molecular complexity index is 148. The molecule has 0 unspecified atom stereocenters. The Labute approximate surface area is 58.4 Å². The van der Waals surface area contributed by atoms with E-state index in [-0.39, 0.29) is 6.07 Å². The van der Waals surface area contributed by atoms with Gasteiger partial charge in [0.2, 0.25) is 0 Å². The molecule has 0 aliphatic heterocycles. The first-order valence-electron chi connectivity index (χ1n) is 2.59. The fourth-order valence-corrected chi connectivity index (χ4v) is 0.611. The Hall–Kier alpha value is -0.470. The van der Waals surface area contributed by atoms with Crippen LogP contribution >= 0.6 is 11.6 Å². The lowest BCUT2D eigenvalue weighted by molar-refractivity contribution is 0.147. The van der Waals surface area contributed by atoms with Crippen LogP contribution in [0.1, 0.15) is 5.76 Å². The van der Waals surface area contributed by atoms with Crippen molar-refractivity contribution in [3.8, 4) is 0 Å². The van der Waals surface area contributed by atoms with E-state index in [9.17, 15) is 0 Å². The van der Waals surface area contributed by atoms with Crippen LogP contribution in [0.5, 0.6) is 0 Å². The maximum absolute atomic E-state index is 5.25. The zero-order valence-corrected chi connectivity index (χ0v) is 5.60. The van der Waals surface area contributed by atoms with E-state index >= 15 is 0 Å². The van der Waals surface area contributed by atoms with Gasteiger partial charge in [0.25, 0.3) is 0 Å². The molecule has 0 saturated carbocycles. The largest absolute Gasteiger partial charge is 0.467 e. The second kappa shape index (κ2) is 3.54. The van der Waals surface area contributed by atoms with Gasteiger partial charge in [-0.05, 0) is 12.1 Å². The van der Waals surface area contributed by atoms with Gasteiger partial charge in [-0.2, -0.15) is 0 Å². The molecule has 2 nitrogen and oxygen atoms in total. The van der Waals surface area contributed by atoms with Crippen molar-refractivity contribution in [1.82, 2.24) is 0 Å². The molecule has 0 N–H and O–H groups in total. The van der Waals surface area contributed by atoms with E-state index in [1.165, 1.54) is 0 Å². The van der Waals surface area contributed by atoms with E-state index in [1.54, 1.807) is 6.26 Å². The Balaban J connectivity index is 2.30. The van der Waals surface area contributed by atoms with Crippen molar-refractivity contribution < 1.29 is 9.15 Å². The van der Waals surface area contributed by atoms with Crippen molar-refractivity contribution in [2.75, 3.05) is 6.07 Å². The van der Waals surface area contributed by atoms with Gasteiger partial charge in [0.15, 0.2) is 0 Å². The third-order valence-corrected chi connectivity index (χ3v) is 1.06. The zero-order valence-electron chi connectivity index (χ0n) is 4.84. The predicted molar refractivity (Wildman–Crippen MR) is 34.2 cm³/mol. The Morgan fingerprint density at radius 1 is 1.67 bits per heavy atom. The average molecular weight is 147 g/mol. The van der Waals surface area contributed by atoms with Crippen LogP contribution in [0.4, 0.5) is 0 Å². The number of ether oxygens (including phenoxy) is 1. The van der Waals surface area contributed by atoms with Gasteiger partial charge < -0.3 is 9.15 Å². The van der Waals surface area contributed by atoms with Crippen LogP contribution in [0.3, 0.4) is 0 Å². The first-order valence-corrected chi connectivity index (χ1v) is 3.13. The van der Waals surface area contributed by atoms with Gasteiger partial charge in [0.1, 0.15) is 18.4 Å². The van der Waals surface area contributed by atoms with Gasteiger partial charge in [-0.3, -0.25) is 0 Å². The van der Waals surface area contributed by atoms with Crippen molar-refractivity contribution in [3.05, 3.63) is 24.2 Å². The summed E-state index contributed by atoms with van der Waals surface area (Å²) in [5.41, 5.74) is 0. The summed E-state index contributed by atoms with van der Waals surface area (Å²) in [6.07, 6.45) is 1.60. The molecule has 0 bridgehead atoms. The third-order valence-electron chi connectivity index (χ3n) is 0.902. The summed E-state index contributed by atoms with van der Waals surface area (Å²) in [7, 11) is 0. The highest BCUT2D eigenvalue weighted by Gasteiger charge is 1.91. The van der Waals surface area contributed by atoms with E-state index in [0.29, 0.717) is 6.61 Å². The maximum Gasteiger partial charge on any atom is 0.129 e. The van der Waals surface area contributed by atoms with Gasteiger partial charge in [-0.25, -0.2) is 0 Å². The summed E-state index contributed by atoms with van der Waals surface area (Å²) in [5, 5.41) is 0. The quantitative estimate of drug-likeness (QED) is 0.609. The van der Waals surface area contributed by atoms with Gasteiger partial charge in [0.05, 0.1) is 6.26 Å². The van der Waals surface area contributed by atoms with Crippen molar-refractivity contribution in [1.29, 1.82) is 0 Å². The molecule has 50 valence electrons. The fourth-order valence-electron chi connectivity index (χ4n) is 0.534. The summed E-state index contributed by atoms with van der Waals surface area (Å²) >= 11 is 5.25. The molecule has 0 saturated heterocycles. The minimum atomic E-state index is 0.209. The fraction of sp³-hybridized carbons (Fsp3) is 0.333. The second-order valence-electron chi connectivity index (χ2n) is 1.54. The number of alkyl halides is 1. The highest BCUT2D eigenvalue weighted by Crippen LogP contribution is 2.01. The van der Waals surface area contributed by atoms with Crippen LogP contribution in [0.25, 0.3) is 0 Å². The molecule has 0 radical (unpaired) electrons. The lowest BCUT2D eigenvalue weighted by atomic mass is 10.5. The molecule has 9 heavy (non-hydrogen) atoms. The van der Waals surface area contributed by atoms with Crippen LogP contribution in [0.15, 0.2) is 22.8 Å². The van der Waals surface area contributed by atoms with Crippen LogP contribution < -0.4 is 0 Å². The zero-order chi connectivity index (χ0) is 6.53. The average Bonchev–Trinajstić information content (AvgIpc) is 2.34. The monoisotopic (exact) mass is 146 g/mol. The van der Waals surface area contributed by atoms with Crippen LogP contribution in [0, 0.1) is 0 Å². The Morgan fingerprint density at radius 3 is 3.11 bits per heavy atom. The van der Waals surface area contributed by atoms with Crippen molar-refractivity contribution in [2.24, 2.45) is 0 Å². The molecule has 1 aromatic rings. The van der Waals surface area contributed by atoms with Crippen molar-refractivity contribution >= 4 is 11.6 Å². The molecule has 0 aliphatic carbocycles. The molecular weight excluding hydrogens is 140 g/mol. The first-order chi connectivity index (χ1) is 4.43. The van der Waals surface area contributed by atoms with Crippen LogP contribution in [-0.2, 0) is 11.3 Å². The molecule has 0 aromatic carbocycles. The number of hydrogen-bond donors (Lipinski definition) is 0. The minimum absolute atomic E-state index is 0.209. The lowest BCUT2D eigenvalue weighted by Crippen LogP contribution is -1.86. The lowest BCUT2D eigenvalue weighted by Gasteiger charge is -1.92. The van der Waals surface area contributed by atoms with Crippen LogP contribution in [-0.4, -0.2) is 6.07 Å². The normalized spacial score (nSPS) is 9.89. The summed E-state index contributed by atoms with van der Waals surface area (Å²) in [6.45, 7) is 0.455. The highest BCUT2D eigenvalue weighted by atomic mass is 35.5. The number of halogens is 1. The predicted octanol–water partition coefficient (Wildman–Crippen LogP) is 1.99. The Kier molecular flexibility index (Phi) is 2.61. The molecule has 0 fully saturated rings. The molecule has 0 spiro atoms. The molecular formula is C6H7ClO2. The molecule has 1 rings (SSSR count). The molecule has 0 atom stereocenters. The topological polar surface area (TPSA) is 22.4 Å². The molecule has 0 amide bonds. The van der Waals surface area contributed by atoms with Crippen molar-refractivity contribution in [3.63, 3.8) is 0 Å². The maximum atomic E-state index is 5.25.